The van der Waals surface area contributed by atoms with Crippen LogP contribution in [0.2, 0.25) is 0 Å². The predicted octanol–water partition coefficient (Wildman–Crippen LogP) is 4.36. The minimum atomic E-state index is 0.0396. The Balaban J connectivity index is 2.88. The van der Waals surface area contributed by atoms with Gasteiger partial charge in [-0.05, 0) is 23.5 Å². The second-order valence-electron chi connectivity index (χ2n) is 5.97. The Morgan fingerprint density at radius 2 is 1.89 bits per heavy atom. The van der Waals surface area contributed by atoms with Crippen molar-refractivity contribution in [3.8, 4) is 0 Å². The van der Waals surface area contributed by atoms with Crippen LogP contribution in [0.25, 0.3) is 0 Å². The van der Waals surface area contributed by atoms with Crippen LogP contribution >= 0.6 is 0 Å². The molecule has 0 aliphatic carbocycles. The highest BCUT2D eigenvalue weighted by atomic mass is 16.1. The zero-order chi connectivity index (χ0) is 13.8. The first-order valence-electron chi connectivity index (χ1n) is 6.76. The van der Waals surface area contributed by atoms with E-state index in [0.717, 1.165) is 18.5 Å². The molecule has 1 unspecified atom stereocenters. The molecule has 2 heteroatoms. The van der Waals surface area contributed by atoms with Gasteiger partial charge in [-0.3, -0.25) is 4.79 Å². The molecule has 0 spiro atoms. The summed E-state index contributed by atoms with van der Waals surface area (Å²) in [5, 5.41) is 3.06. The van der Waals surface area contributed by atoms with Crippen LogP contribution in [0.5, 0.6) is 0 Å². The van der Waals surface area contributed by atoms with Gasteiger partial charge in [-0.1, -0.05) is 59.2 Å². The summed E-state index contributed by atoms with van der Waals surface area (Å²) in [4.78, 5) is 12.1. The molecule has 0 saturated carbocycles. The van der Waals surface area contributed by atoms with Crippen molar-refractivity contribution >= 4 is 11.6 Å². The molecule has 0 aliphatic heterocycles. The van der Waals surface area contributed by atoms with E-state index in [1.165, 1.54) is 5.56 Å². The lowest BCUT2D eigenvalue weighted by Gasteiger charge is -2.23. The largest absolute Gasteiger partial charge is 0.326 e. The summed E-state index contributed by atoms with van der Waals surface area (Å²) in [6.07, 6.45) is 1.97. The second-order valence-corrected chi connectivity index (χ2v) is 5.97. The van der Waals surface area contributed by atoms with E-state index in [9.17, 15) is 4.79 Å². The number of carbonyl (C=O) groups excluding carboxylic acids is 1. The fourth-order valence-electron chi connectivity index (χ4n) is 2.07. The third-order valence-corrected chi connectivity index (χ3v) is 3.16. The van der Waals surface area contributed by atoms with Crippen molar-refractivity contribution in [2.45, 2.75) is 52.9 Å². The molecule has 0 fully saturated rings. The minimum Gasteiger partial charge on any atom is -0.326 e. The number of hydrogen-bond acceptors (Lipinski definition) is 1. The molecule has 1 aromatic carbocycles. The Labute approximate surface area is 111 Å². The number of hydrogen-bond donors (Lipinski definition) is 1. The average molecular weight is 247 g/mol. The van der Waals surface area contributed by atoms with Gasteiger partial charge in [-0.15, -0.1) is 0 Å². The van der Waals surface area contributed by atoms with Crippen molar-refractivity contribution in [1.82, 2.24) is 0 Å². The first-order chi connectivity index (χ1) is 8.36. The Morgan fingerprint density at radius 1 is 1.28 bits per heavy atom. The third kappa shape index (κ3) is 3.86. The average Bonchev–Trinajstić information content (AvgIpc) is 2.28. The second kappa shape index (κ2) is 6.03. The molecule has 0 radical (unpaired) electrons. The number of benzene rings is 1. The molecule has 2 nitrogen and oxygen atoms in total. The first-order valence-corrected chi connectivity index (χ1v) is 6.76. The first kappa shape index (κ1) is 14.7. The lowest BCUT2D eigenvalue weighted by Crippen LogP contribution is -2.23. The van der Waals surface area contributed by atoms with Crippen LogP contribution in [0.15, 0.2) is 24.3 Å². The Bertz CT molecular complexity index is 404. The molecule has 0 heterocycles. The van der Waals surface area contributed by atoms with Crippen molar-refractivity contribution < 1.29 is 4.79 Å². The lowest BCUT2D eigenvalue weighted by atomic mass is 9.85. The maximum absolute atomic E-state index is 12.1. The fourth-order valence-corrected chi connectivity index (χ4v) is 2.07. The summed E-state index contributed by atoms with van der Waals surface area (Å²) in [5.41, 5.74) is 2.16. The number of nitrogens with one attached hydrogen (secondary N) is 1. The van der Waals surface area contributed by atoms with E-state index in [1.54, 1.807) is 0 Å². The molecular weight excluding hydrogens is 222 g/mol. The molecule has 0 bridgehead atoms. The Kier molecular flexibility index (Phi) is 4.94. The topological polar surface area (TPSA) is 29.1 Å². The highest BCUT2D eigenvalue weighted by Gasteiger charge is 2.19. The Morgan fingerprint density at radius 3 is 2.44 bits per heavy atom. The minimum absolute atomic E-state index is 0.0396. The maximum atomic E-state index is 12.1. The highest BCUT2D eigenvalue weighted by molar-refractivity contribution is 5.93. The molecule has 1 atom stereocenters. The van der Waals surface area contributed by atoms with E-state index < -0.39 is 0 Å². The van der Waals surface area contributed by atoms with Gasteiger partial charge >= 0.3 is 0 Å². The smallest absolute Gasteiger partial charge is 0.227 e. The predicted molar refractivity (Wildman–Crippen MR) is 77.8 cm³/mol. The summed E-state index contributed by atoms with van der Waals surface area (Å²) in [6.45, 7) is 10.6. The molecule has 1 rings (SSSR count). The molecule has 1 amide bonds. The fraction of sp³-hybridized carbons (Fsp3) is 0.562. The standard InChI is InChI=1S/C16H25NO/c1-6-9-12(2)15(18)17-14-11-8-7-10-13(14)16(3,4)5/h7-8,10-12H,6,9H2,1-5H3,(H,17,18). The van der Waals surface area contributed by atoms with Crippen LogP contribution in [0.1, 0.15) is 53.0 Å². The number of amides is 1. The van der Waals surface area contributed by atoms with Crippen LogP contribution in [-0.4, -0.2) is 5.91 Å². The molecule has 0 saturated heterocycles. The van der Waals surface area contributed by atoms with E-state index in [-0.39, 0.29) is 17.2 Å². The van der Waals surface area contributed by atoms with Crippen LogP contribution in [0, 0.1) is 5.92 Å². The quantitative estimate of drug-likeness (QED) is 0.841. The van der Waals surface area contributed by atoms with Crippen molar-refractivity contribution in [3.05, 3.63) is 29.8 Å². The maximum Gasteiger partial charge on any atom is 0.227 e. The van der Waals surface area contributed by atoms with E-state index >= 15 is 0 Å². The summed E-state index contributed by atoms with van der Waals surface area (Å²) in [6, 6.07) is 8.05. The van der Waals surface area contributed by atoms with Gasteiger partial charge in [0.2, 0.25) is 5.91 Å². The number of anilines is 1. The summed E-state index contributed by atoms with van der Waals surface area (Å²) < 4.78 is 0. The molecule has 18 heavy (non-hydrogen) atoms. The van der Waals surface area contributed by atoms with Gasteiger partial charge in [-0.25, -0.2) is 0 Å². The SMILES string of the molecule is CCCC(C)C(=O)Nc1ccccc1C(C)(C)C. The molecule has 0 aromatic heterocycles. The normalized spacial score (nSPS) is 13.2. The zero-order valence-electron chi connectivity index (χ0n) is 12.2. The van der Waals surface area contributed by atoms with Crippen LogP contribution in [0.3, 0.4) is 0 Å². The number of rotatable bonds is 4. The van der Waals surface area contributed by atoms with Crippen molar-refractivity contribution in [3.63, 3.8) is 0 Å². The molecule has 1 N–H and O–H groups in total. The highest BCUT2D eigenvalue weighted by Crippen LogP contribution is 2.29. The van der Waals surface area contributed by atoms with Gasteiger partial charge in [0.15, 0.2) is 0 Å². The van der Waals surface area contributed by atoms with Crippen LogP contribution in [0.4, 0.5) is 5.69 Å². The molecule has 100 valence electrons. The van der Waals surface area contributed by atoms with Crippen molar-refractivity contribution in [2.24, 2.45) is 5.92 Å². The van der Waals surface area contributed by atoms with Crippen molar-refractivity contribution in [2.75, 3.05) is 5.32 Å². The monoisotopic (exact) mass is 247 g/mol. The zero-order valence-corrected chi connectivity index (χ0v) is 12.2. The third-order valence-electron chi connectivity index (χ3n) is 3.16. The summed E-state index contributed by atoms with van der Waals surface area (Å²) in [5.74, 6) is 0.191. The molecule has 1 aromatic rings. The van der Waals surface area contributed by atoms with Crippen LogP contribution in [-0.2, 0) is 10.2 Å². The van der Waals surface area contributed by atoms with E-state index in [4.69, 9.17) is 0 Å². The van der Waals surface area contributed by atoms with Crippen molar-refractivity contribution in [1.29, 1.82) is 0 Å². The van der Waals surface area contributed by atoms with Gasteiger partial charge in [0.1, 0.15) is 0 Å². The Hall–Kier alpha value is -1.31. The van der Waals surface area contributed by atoms with Crippen LogP contribution < -0.4 is 5.32 Å². The van der Waals surface area contributed by atoms with E-state index in [2.05, 4.69) is 39.1 Å². The van der Waals surface area contributed by atoms with Gasteiger partial charge in [0.25, 0.3) is 0 Å². The molecular formula is C16H25NO. The van der Waals surface area contributed by atoms with Gasteiger partial charge in [-0.2, -0.15) is 0 Å². The number of para-hydroxylation sites is 1. The van der Waals surface area contributed by atoms with E-state index in [1.807, 2.05) is 25.1 Å². The summed E-state index contributed by atoms with van der Waals surface area (Å²) >= 11 is 0. The van der Waals surface area contributed by atoms with Gasteiger partial charge in [0.05, 0.1) is 0 Å². The van der Waals surface area contributed by atoms with Gasteiger partial charge < -0.3 is 5.32 Å². The molecule has 0 aliphatic rings. The van der Waals surface area contributed by atoms with E-state index in [0.29, 0.717) is 0 Å². The lowest BCUT2D eigenvalue weighted by molar-refractivity contribution is -0.119. The van der Waals surface area contributed by atoms with Gasteiger partial charge in [0, 0.05) is 11.6 Å². The number of carbonyl (C=O) groups is 1. The summed E-state index contributed by atoms with van der Waals surface area (Å²) in [7, 11) is 0.